The Hall–Kier alpha value is -3.09. The second kappa shape index (κ2) is 9.81. The number of nitriles is 1. The van der Waals surface area contributed by atoms with Crippen LogP contribution in [0, 0.1) is 11.3 Å². The Balaban J connectivity index is 1.61. The minimum absolute atomic E-state index is 0.0145. The van der Waals surface area contributed by atoms with Gasteiger partial charge in [-0.2, -0.15) is 10.4 Å². The van der Waals surface area contributed by atoms with E-state index >= 15 is 0 Å². The molecule has 0 radical (unpaired) electrons. The molecule has 1 saturated heterocycles. The lowest BCUT2D eigenvalue weighted by Crippen LogP contribution is -2.48. The quantitative estimate of drug-likeness (QED) is 0.592. The van der Waals surface area contributed by atoms with E-state index in [-0.39, 0.29) is 24.0 Å². The average molecular weight is 464 g/mol. The van der Waals surface area contributed by atoms with Crippen LogP contribution in [0.2, 0.25) is 0 Å². The zero-order chi connectivity index (χ0) is 23.5. The molecule has 4 heterocycles. The summed E-state index contributed by atoms with van der Waals surface area (Å²) in [7, 11) is 0. The van der Waals surface area contributed by atoms with Crippen molar-refractivity contribution in [1.29, 1.82) is 5.26 Å². The predicted octanol–water partition coefficient (Wildman–Crippen LogP) is 4.06. The lowest BCUT2D eigenvalue weighted by molar-refractivity contribution is 0.0760. The Labute approximate surface area is 198 Å². The first-order valence-electron chi connectivity index (χ1n) is 11.3. The molecule has 1 aliphatic heterocycles. The van der Waals surface area contributed by atoms with Gasteiger partial charge < -0.3 is 5.32 Å². The Morgan fingerprint density at radius 2 is 2.09 bits per heavy atom. The molecular weight excluding hydrogens is 434 g/mol. The summed E-state index contributed by atoms with van der Waals surface area (Å²) < 4.78 is 1.69. The van der Waals surface area contributed by atoms with E-state index in [1.807, 2.05) is 18.3 Å². The molecule has 1 aliphatic rings. The lowest BCUT2D eigenvalue weighted by atomic mass is 9.92. The van der Waals surface area contributed by atoms with Crippen LogP contribution < -0.4 is 5.32 Å². The lowest BCUT2D eigenvalue weighted by Gasteiger charge is -2.41. The number of nitrogens with zero attached hydrogens (tertiary/aromatic N) is 6. The number of rotatable bonds is 6. The fourth-order valence-electron chi connectivity index (χ4n) is 4.30. The van der Waals surface area contributed by atoms with Gasteiger partial charge in [0.2, 0.25) is 0 Å². The summed E-state index contributed by atoms with van der Waals surface area (Å²) in [6.45, 7) is 9.36. The van der Waals surface area contributed by atoms with Crippen LogP contribution in [0.15, 0.2) is 35.4 Å². The minimum Gasteiger partial charge on any atom is -0.348 e. The molecule has 2 unspecified atom stereocenters. The van der Waals surface area contributed by atoms with Crippen molar-refractivity contribution >= 4 is 17.2 Å². The molecule has 0 saturated carbocycles. The van der Waals surface area contributed by atoms with E-state index in [0.717, 1.165) is 24.2 Å². The summed E-state index contributed by atoms with van der Waals surface area (Å²) in [6.07, 6.45) is 5.13. The van der Waals surface area contributed by atoms with Gasteiger partial charge in [-0.25, -0.2) is 14.6 Å². The normalized spacial score (nSPS) is 19.1. The van der Waals surface area contributed by atoms with E-state index in [9.17, 15) is 10.1 Å². The van der Waals surface area contributed by atoms with Crippen LogP contribution in [0.4, 0.5) is 0 Å². The summed E-state index contributed by atoms with van der Waals surface area (Å²) in [5.74, 6) is 0.925. The number of nitrogens with one attached hydrogen (secondary N) is 1. The monoisotopic (exact) mass is 463 g/mol. The second-order valence-electron chi connectivity index (χ2n) is 9.00. The standard InChI is InChI=1S/C24H29N7OS/c1-15(2)17-5-6-22(26-11-17)31-12-18(10-25)23(29-31)21-9-19(7-8-30(21)16(3)4)28-24(32)20-13-33-14-27-20/h5-6,11-16,19,21H,7-9H2,1-4H3,(H,28,32). The molecule has 3 aromatic heterocycles. The van der Waals surface area contributed by atoms with Gasteiger partial charge in [-0.3, -0.25) is 9.69 Å². The maximum Gasteiger partial charge on any atom is 0.270 e. The Morgan fingerprint density at radius 3 is 2.70 bits per heavy atom. The third-order valence-electron chi connectivity index (χ3n) is 6.16. The molecule has 1 amide bonds. The van der Waals surface area contributed by atoms with Gasteiger partial charge in [0.15, 0.2) is 5.82 Å². The SMILES string of the molecule is CC(C)c1ccc(-n2cc(C#N)c(C3CC(NC(=O)c4cscn4)CCN3C(C)C)n2)nc1. The first-order chi connectivity index (χ1) is 15.9. The molecule has 1 fully saturated rings. The minimum atomic E-state index is -0.154. The number of thiazole rings is 1. The highest BCUT2D eigenvalue weighted by atomic mass is 32.1. The summed E-state index contributed by atoms with van der Waals surface area (Å²) in [6, 6.07) is 6.49. The molecule has 172 valence electrons. The molecule has 3 aromatic rings. The van der Waals surface area contributed by atoms with E-state index in [0.29, 0.717) is 29.4 Å². The molecule has 33 heavy (non-hydrogen) atoms. The molecule has 9 heteroatoms. The highest BCUT2D eigenvalue weighted by molar-refractivity contribution is 7.07. The number of carbonyl (C=O) groups is 1. The van der Waals surface area contributed by atoms with Gasteiger partial charge in [0.1, 0.15) is 11.8 Å². The van der Waals surface area contributed by atoms with Gasteiger partial charge in [0.25, 0.3) is 5.91 Å². The second-order valence-corrected chi connectivity index (χ2v) is 9.72. The van der Waals surface area contributed by atoms with E-state index < -0.39 is 0 Å². The molecule has 0 bridgehead atoms. The van der Waals surface area contributed by atoms with Crippen molar-refractivity contribution in [2.24, 2.45) is 0 Å². The first kappa shape index (κ1) is 23.1. The van der Waals surface area contributed by atoms with Crippen molar-refractivity contribution < 1.29 is 4.79 Å². The summed E-state index contributed by atoms with van der Waals surface area (Å²) >= 11 is 1.40. The molecule has 4 rings (SSSR count). The van der Waals surface area contributed by atoms with Gasteiger partial charge in [-0.1, -0.05) is 19.9 Å². The summed E-state index contributed by atoms with van der Waals surface area (Å²) in [4.78, 5) is 23.6. The van der Waals surface area contributed by atoms with Gasteiger partial charge in [0, 0.05) is 30.2 Å². The third kappa shape index (κ3) is 4.97. The van der Waals surface area contributed by atoms with E-state index in [1.54, 1.807) is 21.8 Å². The van der Waals surface area contributed by atoms with Crippen LogP contribution >= 0.6 is 11.3 Å². The zero-order valence-corrected chi connectivity index (χ0v) is 20.2. The van der Waals surface area contributed by atoms with Crippen LogP contribution in [0.5, 0.6) is 0 Å². The number of aromatic nitrogens is 4. The van der Waals surface area contributed by atoms with E-state index in [1.165, 1.54) is 11.3 Å². The number of carbonyl (C=O) groups excluding carboxylic acids is 1. The van der Waals surface area contributed by atoms with E-state index in [2.05, 4.69) is 53.9 Å². The topological polar surface area (TPSA) is 99.7 Å². The smallest absolute Gasteiger partial charge is 0.270 e. The van der Waals surface area contributed by atoms with Crippen molar-refractivity contribution in [1.82, 2.24) is 30.0 Å². The molecule has 0 spiro atoms. The van der Waals surface area contributed by atoms with Gasteiger partial charge in [-0.05, 0) is 44.2 Å². The highest BCUT2D eigenvalue weighted by Crippen LogP contribution is 2.34. The van der Waals surface area contributed by atoms with Crippen LogP contribution in [0.1, 0.15) is 79.8 Å². The fourth-order valence-corrected chi connectivity index (χ4v) is 4.83. The van der Waals surface area contributed by atoms with Crippen molar-refractivity contribution in [2.45, 2.75) is 64.6 Å². The number of hydrogen-bond acceptors (Lipinski definition) is 7. The van der Waals surface area contributed by atoms with Crippen molar-refractivity contribution in [3.63, 3.8) is 0 Å². The number of amides is 1. The number of piperidine rings is 1. The van der Waals surface area contributed by atoms with Crippen LogP contribution in [0.25, 0.3) is 5.82 Å². The van der Waals surface area contributed by atoms with Crippen LogP contribution in [0.3, 0.4) is 0 Å². The molecule has 2 atom stereocenters. The van der Waals surface area contributed by atoms with Crippen LogP contribution in [-0.4, -0.2) is 49.2 Å². The van der Waals surface area contributed by atoms with Gasteiger partial charge in [-0.15, -0.1) is 11.3 Å². The van der Waals surface area contributed by atoms with Crippen LogP contribution in [-0.2, 0) is 0 Å². The largest absolute Gasteiger partial charge is 0.348 e. The Kier molecular flexibility index (Phi) is 6.86. The Morgan fingerprint density at radius 1 is 1.27 bits per heavy atom. The average Bonchev–Trinajstić information content (AvgIpc) is 3.49. The zero-order valence-electron chi connectivity index (χ0n) is 19.4. The molecular formula is C24H29N7OS. The van der Waals surface area contributed by atoms with Crippen molar-refractivity contribution in [3.8, 4) is 11.9 Å². The third-order valence-corrected chi connectivity index (χ3v) is 6.74. The summed E-state index contributed by atoms with van der Waals surface area (Å²) in [5, 5.41) is 19.6. The number of pyridine rings is 1. The number of likely N-dealkylation sites (tertiary alicyclic amines) is 1. The van der Waals surface area contributed by atoms with Gasteiger partial charge in [0.05, 0.1) is 29.0 Å². The first-order valence-corrected chi connectivity index (χ1v) is 12.2. The van der Waals surface area contributed by atoms with Crippen molar-refractivity contribution in [2.75, 3.05) is 6.54 Å². The summed E-state index contributed by atoms with van der Waals surface area (Å²) in [5.41, 5.74) is 4.52. The predicted molar refractivity (Wildman–Crippen MR) is 127 cm³/mol. The Bertz CT molecular complexity index is 1130. The molecule has 0 aromatic carbocycles. The van der Waals surface area contributed by atoms with Crippen molar-refractivity contribution in [3.05, 3.63) is 57.9 Å². The highest BCUT2D eigenvalue weighted by Gasteiger charge is 2.35. The maximum atomic E-state index is 12.6. The van der Waals surface area contributed by atoms with E-state index in [4.69, 9.17) is 5.10 Å². The fraction of sp³-hybridized carbons (Fsp3) is 0.458. The maximum absolute atomic E-state index is 12.6. The molecule has 0 aliphatic carbocycles. The number of hydrogen-bond donors (Lipinski definition) is 1. The molecule has 8 nitrogen and oxygen atoms in total. The van der Waals surface area contributed by atoms with Gasteiger partial charge >= 0.3 is 0 Å². The molecule has 1 N–H and O–H groups in total.